The summed E-state index contributed by atoms with van der Waals surface area (Å²) in [5.74, 6) is 0. The smallest absolute Gasteiger partial charge is 0.413 e. The Hall–Kier alpha value is -2.86. The van der Waals surface area contributed by atoms with Crippen molar-refractivity contribution in [2.75, 3.05) is 11.1 Å². The van der Waals surface area contributed by atoms with Gasteiger partial charge in [-0.1, -0.05) is 42.5 Å². The molecule has 25 heavy (non-hydrogen) atoms. The molecule has 2 aromatic carbocycles. The van der Waals surface area contributed by atoms with Crippen LogP contribution in [0.2, 0.25) is 0 Å². The lowest BCUT2D eigenvalue weighted by atomic mass is 10.1. The van der Waals surface area contributed by atoms with E-state index >= 15 is 0 Å². The van der Waals surface area contributed by atoms with E-state index in [9.17, 15) is 4.79 Å². The van der Waals surface area contributed by atoms with Gasteiger partial charge in [0, 0.05) is 11.1 Å². The number of benzene rings is 2. The van der Waals surface area contributed by atoms with Gasteiger partial charge in [-0.2, -0.15) is 0 Å². The molecule has 0 radical (unpaired) electrons. The van der Waals surface area contributed by atoms with Crippen molar-refractivity contribution in [3.8, 4) is 0 Å². The summed E-state index contributed by atoms with van der Waals surface area (Å²) in [5.41, 5.74) is 9.54. The van der Waals surface area contributed by atoms with Crippen LogP contribution in [-0.2, 0) is 24.2 Å². The Kier molecular flexibility index (Phi) is 5.64. The number of aromatic nitrogens is 1. The molecule has 6 heteroatoms. The number of nitrogens with one attached hydrogen (secondary N) is 1. The summed E-state index contributed by atoms with van der Waals surface area (Å²) in [6, 6.07) is 17.4. The maximum atomic E-state index is 11.8. The first kappa shape index (κ1) is 17.0. The quantitative estimate of drug-likeness (QED) is 0.649. The zero-order chi connectivity index (χ0) is 17.5. The molecule has 0 unspecified atom stereocenters. The Balaban J connectivity index is 1.46. The number of nitrogens with two attached hydrogens (primary N) is 1. The predicted molar refractivity (Wildman–Crippen MR) is 101 cm³/mol. The molecule has 0 aliphatic carbocycles. The van der Waals surface area contributed by atoms with Crippen LogP contribution in [0.25, 0.3) is 0 Å². The molecule has 3 N–H and O–H groups in total. The topological polar surface area (TPSA) is 77.2 Å². The summed E-state index contributed by atoms with van der Waals surface area (Å²) in [5, 5.41) is 5.16. The number of anilines is 2. The molecule has 0 bridgehead atoms. The average molecular weight is 353 g/mol. The van der Waals surface area contributed by atoms with Crippen LogP contribution in [0.1, 0.15) is 16.8 Å². The van der Waals surface area contributed by atoms with Crippen molar-refractivity contribution in [1.29, 1.82) is 0 Å². The number of thiazole rings is 1. The second kappa shape index (κ2) is 8.30. The highest BCUT2D eigenvalue weighted by Crippen LogP contribution is 2.18. The van der Waals surface area contributed by atoms with E-state index in [1.165, 1.54) is 16.9 Å². The molecule has 0 saturated heterocycles. The molecule has 1 amide bonds. The summed E-state index contributed by atoms with van der Waals surface area (Å²) in [7, 11) is 0. The average Bonchev–Trinajstić information content (AvgIpc) is 3.08. The van der Waals surface area contributed by atoms with E-state index in [1.54, 1.807) is 0 Å². The zero-order valence-corrected chi connectivity index (χ0v) is 14.5. The Morgan fingerprint density at radius 2 is 1.80 bits per heavy atom. The summed E-state index contributed by atoms with van der Waals surface area (Å²) >= 11 is 1.39. The fraction of sp³-hybridized carbons (Fsp3) is 0.158. The van der Waals surface area contributed by atoms with Gasteiger partial charge < -0.3 is 10.5 Å². The summed E-state index contributed by atoms with van der Waals surface area (Å²) in [4.78, 5) is 16.2. The fourth-order valence-corrected chi connectivity index (χ4v) is 3.01. The molecule has 1 heterocycles. The van der Waals surface area contributed by atoms with Crippen molar-refractivity contribution in [2.24, 2.45) is 0 Å². The van der Waals surface area contributed by atoms with Gasteiger partial charge in [-0.3, -0.25) is 5.32 Å². The van der Waals surface area contributed by atoms with Gasteiger partial charge in [0.2, 0.25) is 0 Å². The van der Waals surface area contributed by atoms with Crippen LogP contribution < -0.4 is 11.1 Å². The van der Waals surface area contributed by atoms with E-state index in [0.717, 1.165) is 29.8 Å². The van der Waals surface area contributed by atoms with Crippen LogP contribution in [0.15, 0.2) is 60.0 Å². The van der Waals surface area contributed by atoms with Gasteiger partial charge in [0.1, 0.15) is 6.61 Å². The van der Waals surface area contributed by atoms with Crippen molar-refractivity contribution in [3.63, 3.8) is 0 Å². The molecule has 0 aliphatic rings. The molecule has 3 rings (SSSR count). The third kappa shape index (κ3) is 5.32. The number of ether oxygens (including phenoxy) is 1. The molecule has 5 nitrogen and oxygen atoms in total. The lowest BCUT2D eigenvalue weighted by Gasteiger charge is -2.04. The molecule has 0 aliphatic heterocycles. The van der Waals surface area contributed by atoms with E-state index in [1.807, 2.05) is 60.0 Å². The first-order valence-corrected chi connectivity index (χ1v) is 8.83. The van der Waals surface area contributed by atoms with Gasteiger partial charge >= 0.3 is 6.09 Å². The summed E-state index contributed by atoms with van der Waals surface area (Å²) in [6.07, 6.45) is 1.19. The number of nitrogen functional groups attached to an aromatic ring is 1. The molecule has 3 aromatic rings. The van der Waals surface area contributed by atoms with E-state index in [-0.39, 0.29) is 6.61 Å². The molecule has 1 aromatic heterocycles. The van der Waals surface area contributed by atoms with Crippen LogP contribution in [0.3, 0.4) is 0 Å². The van der Waals surface area contributed by atoms with Crippen LogP contribution in [0.4, 0.5) is 15.6 Å². The highest BCUT2D eigenvalue weighted by Gasteiger charge is 2.08. The van der Waals surface area contributed by atoms with Crippen LogP contribution in [-0.4, -0.2) is 11.1 Å². The lowest BCUT2D eigenvalue weighted by Crippen LogP contribution is -2.13. The number of aryl methyl sites for hydroxylation is 2. The SMILES string of the molecule is Nc1ccc(CCc2csc(NC(=O)OCc3ccccc3)n2)cc1. The Morgan fingerprint density at radius 1 is 1.04 bits per heavy atom. The summed E-state index contributed by atoms with van der Waals surface area (Å²) in [6.45, 7) is 0.238. The Bertz CT molecular complexity index is 816. The van der Waals surface area contributed by atoms with Crippen molar-refractivity contribution >= 4 is 28.2 Å². The van der Waals surface area contributed by atoms with Crippen molar-refractivity contribution in [1.82, 2.24) is 4.98 Å². The molecule has 0 fully saturated rings. The monoisotopic (exact) mass is 353 g/mol. The van der Waals surface area contributed by atoms with Gasteiger partial charge in [-0.15, -0.1) is 11.3 Å². The number of carbonyl (C=O) groups excluding carboxylic acids is 1. The number of rotatable bonds is 6. The van der Waals surface area contributed by atoms with Gasteiger partial charge in [-0.05, 0) is 36.1 Å². The molecule has 0 spiro atoms. The molecular formula is C19H19N3O2S. The van der Waals surface area contributed by atoms with E-state index in [0.29, 0.717) is 5.13 Å². The first-order chi connectivity index (χ1) is 12.2. The second-order valence-electron chi connectivity index (χ2n) is 5.57. The zero-order valence-electron chi connectivity index (χ0n) is 13.6. The fourth-order valence-electron chi connectivity index (χ4n) is 2.28. The minimum Gasteiger partial charge on any atom is -0.444 e. The van der Waals surface area contributed by atoms with E-state index < -0.39 is 6.09 Å². The molecular weight excluding hydrogens is 334 g/mol. The maximum absolute atomic E-state index is 11.8. The van der Waals surface area contributed by atoms with Gasteiger partial charge in [0.25, 0.3) is 0 Å². The number of hydrogen-bond acceptors (Lipinski definition) is 5. The van der Waals surface area contributed by atoms with Crippen molar-refractivity contribution in [3.05, 3.63) is 76.8 Å². The second-order valence-corrected chi connectivity index (χ2v) is 6.43. The number of amides is 1. The molecule has 0 saturated carbocycles. The predicted octanol–water partition coefficient (Wildman–Crippen LogP) is 4.26. The lowest BCUT2D eigenvalue weighted by molar-refractivity contribution is 0.155. The van der Waals surface area contributed by atoms with Crippen LogP contribution in [0.5, 0.6) is 0 Å². The number of nitrogens with zero attached hydrogens (tertiary/aromatic N) is 1. The largest absolute Gasteiger partial charge is 0.444 e. The van der Waals surface area contributed by atoms with Crippen LogP contribution >= 0.6 is 11.3 Å². The van der Waals surface area contributed by atoms with Gasteiger partial charge in [0.05, 0.1) is 5.69 Å². The van der Waals surface area contributed by atoms with Gasteiger partial charge in [0.15, 0.2) is 5.13 Å². The van der Waals surface area contributed by atoms with E-state index in [4.69, 9.17) is 10.5 Å². The van der Waals surface area contributed by atoms with E-state index in [2.05, 4.69) is 10.3 Å². The first-order valence-electron chi connectivity index (χ1n) is 7.95. The standard InChI is InChI=1S/C19H19N3O2S/c20-16-9-6-14(7-10-16)8-11-17-13-25-18(21-17)22-19(23)24-12-15-4-2-1-3-5-15/h1-7,9-10,13H,8,11-12,20H2,(H,21,22,23). The minimum absolute atomic E-state index is 0.238. The Morgan fingerprint density at radius 3 is 2.56 bits per heavy atom. The molecule has 128 valence electrons. The summed E-state index contributed by atoms with van der Waals surface area (Å²) < 4.78 is 5.19. The number of hydrogen-bond donors (Lipinski definition) is 2. The molecule has 0 atom stereocenters. The van der Waals surface area contributed by atoms with Gasteiger partial charge in [-0.25, -0.2) is 9.78 Å². The van der Waals surface area contributed by atoms with Crippen molar-refractivity contribution in [2.45, 2.75) is 19.4 Å². The minimum atomic E-state index is -0.497. The highest BCUT2D eigenvalue weighted by atomic mass is 32.1. The third-order valence-electron chi connectivity index (χ3n) is 3.62. The van der Waals surface area contributed by atoms with Crippen LogP contribution in [0, 0.1) is 0 Å². The number of carbonyl (C=O) groups is 1. The van der Waals surface area contributed by atoms with Crippen molar-refractivity contribution < 1.29 is 9.53 Å². The third-order valence-corrected chi connectivity index (χ3v) is 4.43. The Labute approximate surface area is 150 Å². The maximum Gasteiger partial charge on any atom is 0.413 e. The highest BCUT2D eigenvalue weighted by molar-refractivity contribution is 7.13. The normalized spacial score (nSPS) is 10.4.